The van der Waals surface area contributed by atoms with E-state index in [1.54, 1.807) is 37.3 Å². The molecule has 4 aromatic rings. The lowest BCUT2D eigenvalue weighted by Crippen LogP contribution is -2.49. The molecule has 1 atom stereocenters. The van der Waals surface area contributed by atoms with Gasteiger partial charge in [-0.3, -0.25) is 0 Å². The number of nitrogens with one attached hydrogen (secondary N) is 1. The van der Waals surface area contributed by atoms with E-state index in [0.717, 1.165) is 18.0 Å². The van der Waals surface area contributed by atoms with E-state index in [0.29, 0.717) is 43.6 Å². The Kier molecular flexibility index (Phi) is 7.83. The molecule has 1 aliphatic rings. The molecule has 0 bridgehead atoms. The van der Waals surface area contributed by atoms with Crippen LogP contribution in [0, 0.1) is 12.7 Å². The fourth-order valence-corrected chi connectivity index (χ4v) is 5.35. The standard InChI is InChI=1S/C30H33F4N5O/c1-18-10-11-20-8-5-6-9-21(20)24(18)25-23(30(32,33)34)16-22-27(26(25)31)36-29(40-15-7-13-38(3)4)37-28(22)39-14-12-35-19(2)17-39/h5-6,8-11,16,19,35H,7,12-15,17H2,1-4H3. The summed E-state index contributed by atoms with van der Waals surface area (Å²) in [4.78, 5) is 12.8. The van der Waals surface area contributed by atoms with Crippen molar-refractivity contribution in [2.24, 2.45) is 0 Å². The summed E-state index contributed by atoms with van der Waals surface area (Å²) in [6.45, 7) is 6.36. The Morgan fingerprint density at radius 3 is 2.58 bits per heavy atom. The quantitative estimate of drug-likeness (QED) is 0.222. The number of hydrogen-bond acceptors (Lipinski definition) is 6. The second-order valence-corrected chi connectivity index (χ2v) is 10.6. The van der Waals surface area contributed by atoms with Crippen molar-refractivity contribution in [1.29, 1.82) is 0 Å². The molecular formula is C30H33F4N5O. The highest BCUT2D eigenvalue weighted by Gasteiger charge is 2.38. The maximum absolute atomic E-state index is 16.7. The normalized spacial score (nSPS) is 16.3. The van der Waals surface area contributed by atoms with E-state index in [-0.39, 0.29) is 34.3 Å². The summed E-state index contributed by atoms with van der Waals surface area (Å²) in [7, 11) is 3.89. The van der Waals surface area contributed by atoms with Crippen LogP contribution < -0.4 is 15.0 Å². The van der Waals surface area contributed by atoms with Crippen molar-refractivity contribution in [3.63, 3.8) is 0 Å². The van der Waals surface area contributed by atoms with Crippen LogP contribution in [-0.4, -0.2) is 67.8 Å². The molecule has 3 aromatic carbocycles. The second-order valence-electron chi connectivity index (χ2n) is 10.6. The van der Waals surface area contributed by atoms with Gasteiger partial charge >= 0.3 is 12.2 Å². The molecule has 1 N–H and O–H groups in total. The number of hydrogen-bond donors (Lipinski definition) is 1. The number of aryl methyl sites for hydroxylation is 1. The third-order valence-electron chi connectivity index (χ3n) is 7.23. The van der Waals surface area contributed by atoms with Gasteiger partial charge in [-0.1, -0.05) is 36.4 Å². The van der Waals surface area contributed by atoms with Gasteiger partial charge in [-0.05, 0) is 62.3 Å². The van der Waals surface area contributed by atoms with Gasteiger partial charge in [-0.15, -0.1) is 0 Å². The lowest BCUT2D eigenvalue weighted by atomic mass is 9.89. The van der Waals surface area contributed by atoms with Gasteiger partial charge in [0, 0.05) is 43.2 Å². The SMILES string of the molecule is Cc1ccc2ccccc2c1-c1c(C(F)(F)F)cc2c(N3CCNC(C)C3)nc(OCCCN(C)C)nc2c1F. The van der Waals surface area contributed by atoms with E-state index >= 15 is 4.39 Å². The number of anilines is 1. The van der Waals surface area contributed by atoms with Crippen LogP contribution in [0.2, 0.25) is 0 Å². The van der Waals surface area contributed by atoms with E-state index in [4.69, 9.17) is 4.74 Å². The molecule has 6 nitrogen and oxygen atoms in total. The van der Waals surface area contributed by atoms with Crippen LogP contribution in [0.1, 0.15) is 24.5 Å². The minimum absolute atomic E-state index is 0.0150. The highest BCUT2D eigenvalue weighted by atomic mass is 19.4. The van der Waals surface area contributed by atoms with Crippen molar-refractivity contribution in [3.05, 3.63) is 59.4 Å². The van der Waals surface area contributed by atoms with Gasteiger partial charge < -0.3 is 19.9 Å². The first kappa shape index (κ1) is 28.0. The first-order chi connectivity index (χ1) is 19.0. The molecule has 40 heavy (non-hydrogen) atoms. The zero-order valence-electron chi connectivity index (χ0n) is 23.1. The first-order valence-corrected chi connectivity index (χ1v) is 13.4. The number of alkyl halides is 3. The number of halogens is 4. The summed E-state index contributed by atoms with van der Waals surface area (Å²) in [6, 6.07) is 11.6. The van der Waals surface area contributed by atoms with E-state index in [1.165, 1.54) is 0 Å². The summed E-state index contributed by atoms with van der Waals surface area (Å²) < 4.78 is 66.6. The van der Waals surface area contributed by atoms with Crippen molar-refractivity contribution in [2.45, 2.75) is 32.5 Å². The predicted octanol–water partition coefficient (Wildman–Crippen LogP) is 6.04. The largest absolute Gasteiger partial charge is 0.463 e. The van der Waals surface area contributed by atoms with Gasteiger partial charge in [-0.25, -0.2) is 4.39 Å². The maximum Gasteiger partial charge on any atom is 0.417 e. The molecule has 0 spiro atoms. The zero-order chi connectivity index (χ0) is 28.6. The van der Waals surface area contributed by atoms with Gasteiger partial charge in [0.1, 0.15) is 11.3 Å². The highest BCUT2D eigenvalue weighted by Crippen LogP contribution is 2.46. The van der Waals surface area contributed by atoms with E-state index in [9.17, 15) is 13.2 Å². The number of aromatic nitrogens is 2. The summed E-state index contributed by atoms with van der Waals surface area (Å²) in [5, 5.41) is 4.60. The molecule has 0 aliphatic carbocycles. The van der Waals surface area contributed by atoms with Crippen LogP contribution in [0.4, 0.5) is 23.4 Å². The molecule has 0 radical (unpaired) electrons. The monoisotopic (exact) mass is 555 g/mol. The van der Waals surface area contributed by atoms with Crippen LogP contribution in [0.25, 0.3) is 32.8 Å². The molecule has 212 valence electrons. The minimum Gasteiger partial charge on any atom is -0.463 e. The van der Waals surface area contributed by atoms with E-state index in [1.807, 2.05) is 36.9 Å². The minimum atomic E-state index is -4.82. The average Bonchev–Trinajstić information content (AvgIpc) is 2.91. The Bertz CT molecular complexity index is 1540. The van der Waals surface area contributed by atoms with Crippen LogP contribution in [0.15, 0.2) is 42.5 Å². The summed E-state index contributed by atoms with van der Waals surface area (Å²) in [5.41, 5.74) is -1.01. The lowest BCUT2D eigenvalue weighted by molar-refractivity contribution is -0.137. The molecule has 0 saturated carbocycles. The summed E-state index contributed by atoms with van der Waals surface area (Å²) in [6.07, 6.45) is -4.13. The topological polar surface area (TPSA) is 53.5 Å². The number of nitrogens with zero attached hydrogens (tertiary/aromatic N) is 4. The van der Waals surface area contributed by atoms with Gasteiger partial charge in [0.25, 0.3) is 0 Å². The number of piperazine rings is 1. The van der Waals surface area contributed by atoms with Gasteiger partial charge in [-0.2, -0.15) is 23.1 Å². The molecule has 10 heteroatoms. The third kappa shape index (κ3) is 5.55. The molecule has 1 fully saturated rings. The van der Waals surface area contributed by atoms with Crippen LogP contribution in [0.5, 0.6) is 6.01 Å². The Balaban J connectivity index is 1.78. The number of benzene rings is 3. The Labute approximate surface area is 231 Å². The van der Waals surface area contributed by atoms with E-state index in [2.05, 4.69) is 15.3 Å². The molecule has 5 rings (SSSR count). The Hall–Kier alpha value is -3.50. The molecule has 0 amide bonds. The second kappa shape index (κ2) is 11.2. The van der Waals surface area contributed by atoms with Gasteiger partial charge in [0.15, 0.2) is 5.82 Å². The van der Waals surface area contributed by atoms with Crippen molar-refractivity contribution < 1.29 is 22.3 Å². The average molecular weight is 556 g/mol. The molecular weight excluding hydrogens is 522 g/mol. The van der Waals surface area contributed by atoms with Gasteiger partial charge in [0.2, 0.25) is 0 Å². The summed E-state index contributed by atoms with van der Waals surface area (Å²) >= 11 is 0. The molecule has 1 aromatic heterocycles. The van der Waals surface area contributed by atoms with Crippen molar-refractivity contribution in [3.8, 4) is 17.1 Å². The Morgan fingerprint density at radius 1 is 1.07 bits per heavy atom. The molecule has 2 heterocycles. The lowest BCUT2D eigenvalue weighted by Gasteiger charge is -2.33. The maximum atomic E-state index is 16.7. The Morgan fingerprint density at radius 2 is 1.85 bits per heavy atom. The first-order valence-electron chi connectivity index (χ1n) is 13.4. The number of rotatable bonds is 7. The molecule has 1 aliphatic heterocycles. The smallest absolute Gasteiger partial charge is 0.417 e. The van der Waals surface area contributed by atoms with Crippen LogP contribution >= 0.6 is 0 Å². The van der Waals surface area contributed by atoms with Crippen molar-refractivity contribution >= 4 is 27.5 Å². The van der Waals surface area contributed by atoms with E-state index < -0.39 is 23.1 Å². The zero-order valence-corrected chi connectivity index (χ0v) is 23.1. The summed E-state index contributed by atoms with van der Waals surface area (Å²) in [5.74, 6) is -0.791. The van der Waals surface area contributed by atoms with Crippen LogP contribution in [0.3, 0.4) is 0 Å². The molecule has 1 unspecified atom stereocenters. The third-order valence-corrected chi connectivity index (χ3v) is 7.23. The van der Waals surface area contributed by atoms with Gasteiger partial charge in [0.05, 0.1) is 12.2 Å². The fraction of sp³-hybridized carbons (Fsp3) is 0.400. The fourth-order valence-electron chi connectivity index (χ4n) is 5.35. The predicted molar refractivity (Wildman–Crippen MR) is 151 cm³/mol. The van der Waals surface area contributed by atoms with Crippen molar-refractivity contribution in [2.75, 3.05) is 51.8 Å². The van der Waals surface area contributed by atoms with Crippen molar-refractivity contribution in [1.82, 2.24) is 20.2 Å². The molecule has 1 saturated heterocycles. The highest BCUT2D eigenvalue weighted by molar-refractivity contribution is 6.03. The number of fused-ring (bicyclic) bond motifs is 2. The number of ether oxygens (including phenoxy) is 1. The van der Waals surface area contributed by atoms with Crippen LogP contribution in [-0.2, 0) is 6.18 Å².